The highest BCUT2D eigenvalue weighted by molar-refractivity contribution is 5.15. The summed E-state index contributed by atoms with van der Waals surface area (Å²) in [6.07, 6.45) is 6.74. The van der Waals surface area contributed by atoms with E-state index in [1.54, 1.807) is 0 Å². The Morgan fingerprint density at radius 2 is 1.00 bits per heavy atom. The average Bonchev–Trinajstić information content (AvgIpc) is 2.84. The van der Waals surface area contributed by atoms with Crippen LogP contribution in [0.1, 0.15) is 42.9 Å². The molecule has 0 heterocycles. The van der Waals surface area contributed by atoms with Gasteiger partial charge in [-0.1, -0.05) is 103 Å². The smallest absolute Gasteiger partial charge is 0.283 e. The lowest BCUT2D eigenvalue weighted by molar-refractivity contribution is -0.397. The molecule has 0 radical (unpaired) electrons. The van der Waals surface area contributed by atoms with Crippen LogP contribution in [0.15, 0.2) is 103 Å². The molecule has 0 aliphatic heterocycles. The van der Waals surface area contributed by atoms with Crippen LogP contribution in [0.4, 0.5) is 0 Å². The second-order valence-corrected chi connectivity index (χ2v) is 7.47. The molecule has 0 saturated carbocycles. The highest BCUT2D eigenvalue weighted by atomic mass is 16.9. The zero-order valence-electron chi connectivity index (χ0n) is 18.3. The molecular weight excluding hydrogens is 384 g/mol. The van der Waals surface area contributed by atoms with Gasteiger partial charge in [-0.2, -0.15) is 0 Å². The van der Waals surface area contributed by atoms with Gasteiger partial charge in [0.15, 0.2) is 0 Å². The Kier molecular flexibility index (Phi) is 9.52. The third-order valence-corrected chi connectivity index (χ3v) is 4.99. The molecule has 3 nitrogen and oxygen atoms in total. The predicted octanol–water partition coefficient (Wildman–Crippen LogP) is 7.04. The van der Waals surface area contributed by atoms with Crippen molar-refractivity contribution in [1.82, 2.24) is 0 Å². The molecule has 0 unspecified atom stereocenters. The second-order valence-electron chi connectivity index (χ2n) is 7.47. The van der Waals surface area contributed by atoms with E-state index in [1.807, 2.05) is 61.5 Å². The quantitative estimate of drug-likeness (QED) is 0.170. The lowest BCUT2D eigenvalue weighted by Gasteiger charge is -2.33. The van der Waals surface area contributed by atoms with Crippen LogP contribution in [0.5, 0.6) is 0 Å². The summed E-state index contributed by atoms with van der Waals surface area (Å²) in [6, 6.07) is 30.4. The van der Waals surface area contributed by atoms with Gasteiger partial charge >= 0.3 is 0 Å². The third-order valence-electron chi connectivity index (χ3n) is 4.99. The standard InChI is InChI=1S/C28H32O3/c1-2-3-4-14-21-28(29-22-25-15-8-5-9-16-25,30-23-26-17-10-6-11-18-26)31-24-27-19-12-7-13-20-27/h2-3,5-13,15-20H,4,14,21-24H2,1H3/b3-2+. The first-order valence-corrected chi connectivity index (χ1v) is 10.9. The molecule has 0 aliphatic carbocycles. The second kappa shape index (κ2) is 12.9. The van der Waals surface area contributed by atoms with E-state index in [0.29, 0.717) is 26.2 Å². The van der Waals surface area contributed by atoms with Gasteiger partial charge in [0, 0.05) is 6.42 Å². The maximum absolute atomic E-state index is 6.37. The van der Waals surface area contributed by atoms with Crippen molar-refractivity contribution in [1.29, 1.82) is 0 Å². The highest BCUT2D eigenvalue weighted by Gasteiger charge is 2.33. The van der Waals surface area contributed by atoms with Crippen LogP contribution in [-0.2, 0) is 34.0 Å². The Balaban J connectivity index is 1.77. The normalized spacial score (nSPS) is 11.8. The molecule has 3 rings (SSSR count). The molecule has 0 spiro atoms. The van der Waals surface area contributed by atoms with Crippen LogP contribution in [0.3, 0.4) is 0 Å². The van der Waals surface area contributed by atoms with Crippen LogP contribution in [0.25, 0.3) is 0 Å². The minimum absolute atomic E-state index is 0.425. The summed E-state index contributed by atoms with van der Waals surface area (Å²) in [4.78, 5) is 0. The van der Waals surface area contributed by atoms with E-state index in [-0.39, 0.29) is 0 Å². The van der Waals surface area contributed by atoms with Gasteiger partial charge < -0.3 is 14.2 Å². The minimum Gasteiger partial charge on any atom is -0.323 e. The first-order valence-electron chi connectivity index (χ1n) is 10.9. The number of hydrogen-bond donors (Lipinski definition) is 0. The molecule has 3 aromatic rings. The van der Waals surface area contributed by atoms with Crippen LogP contribution in [-0.4, -0.2) is 5.97 Å². The molecule has 0 bridgehead atoms. The van der Waals surface area contributed by atoms with E-state index in [2.05, 4.69) is 48.6 Å². The van der Waals surface area contributed by atoms with Crippen LogP contribution in [0, 0.1) is 0 Å². The highest BCUT2D eigenvalue weighted by Crippen LogP contribution is 2.28. The molecule has 0 saturated heterocycles. The van der Waals surface area contributed by atoms with Crippen molar-refractivity contribution >= 4 is 0 Å². The summed E-state index contributed by atoms with van der Waals surface area (Å²) < 4.78 is 19.1. The van der Waals surface area contributed by atoms with E-state index in [1.165, 1.54) is 0 Å². The van der Waals surface area contributed by atoms with Gasteiger partial charge in [-0.15, -0.1) is 0 Å². The largest absolute Gasteiger partial charge is 0.323 e. The van der Waals surface area contributed by atoms with Gasteiger partial charge in [0.2, 0.25) is 0 Å². The minimum atomic E-state index is -1.12. The summed E-state index contributed by atoms with van der Waals surface area (Å²) in [6.45, 7) is 3.31. The fraction of sp³-hybridized carbons (Fsp3) is 0.286. The van der Waals surface area contributed by atoms with Crippen molar-refractivity contribution in [3.63, 3.8) is 0 Å². The monoisotopic (exact) mass is 416 g/mol. The molecule has 3 heteroatoms. The van der Waals surface area contributed by atoms with E-state index in [4.69, 9.17) is 14.2 Å². The first kappa shape index (κ1) is 23.0. The number of ether oxygens (including phenoxy) is 3. The van der Waals surface area contributed by atoms with Gasteiger partial charge in [-0.3, -0.25) is 0 Å². The Morgan fingerprint density at radius 3 is 1.35 bits per heavy atom. The molecule has 0 aliphatic rings. The molecule has 0 amide bonds. The molecule has 31 heavy (non-hydrogen) atoms. The Bertz CT molecular complexity index is 770. The molecular formula is C28H32O3. The fourth-order valence-corrected chi connectivity index (χ4v) is 3.25. The van der Waals surface area contributed by atoms with Crippen LogP contribution in [0.2, 0.25) is 0 Å². The van der Waals surface area contributed by atoms with Crippen LogP contribution >= 0.6 is 0 Å². The van der Waals surface area contributed by atoms with Crippen molar-refractivity contribution < 1.29 is 14.2 Å². The van der Waals surface area contributed by atoms with Crippen molar-refractivity contribution in [2.24, 2.45) is 0 Å². The summed E-state index contributed by atoms with van der Waals surface area (Å²) in [5.74, 6) is -1.12. The van der Waals surface area contributed by atoms with E-state index in [0.717, 1.165) is 29.5 Å². The Morgan fingerprint density at radius 1 is 0.613 bits per heavy atom. The van der Waals surface area contributed by atoms with Gasteiger partial charge in [-0.25, -0.2) is 0 Å². The van der Waals surface area contributed by atoms with Gasteiger partial charge in [0.25, 0.3) is 5.97 Å². The first-order chi connectivity index (χ1) is 15.3. The number of rotatable bonds is 13. The summed E-state index contributed by atoms with van der Waals surface area (Å²) in [5.41, 5.74) is 3.27. The number of unbranched alkanes of at least 4 members (excludes halogenated alkanes) is 1. The Labute approximate surface area is 186 Å². The Hall–Kier alpha value is -2.72. The van der Waals surface area contributed by atoms with Crippen LogP contribution < -0.4 is 0 Å². The number of hydrogen-bond acceptors (Lipinski definition) is 3. The zero-order valence-corrected chi connectivity index (χ0v) is 18.3. The zero-order chi connectivity index (χ0) is 21.6. The van der Waals surface area contributed by atoms with Gasteiger partial charge in [0.1, 0.15) is 0 Å². The van der Waals surface area contributed by atoms with E-state index in [9.17, 15) is 0 Å². The molecule has 0 fully saturated rings. The molecule has 0 atom stereocenters. The maximum Gasteiger partial charge on any atom is 0.283 e. The van der Waals surface area contributed by atoms with E-state index >= 15 is 0 Å². The molecule has 3 aromatic carbocycles. The lowest BCUT2D eigenvalue weighted by Crippen LogP contribution is -2.39. The van der Waals surface area contributed by atoms with Crippen molar-refractivity contribution in [3.8, 4) is 0 Å². The fourth-order valence-electron chi connectivity index (χ4n) is 3.25. The molecule has 0 aromatic heterocycles. The van der Waals surface area contributed by atoms with E-state index < -0.39 is 5.97 Å². The summed E-state index contributed by atoms with van der Waals surface area (Å²) in [5, 5.41) is 0. The molecule has 0 N–H and O–H groups in total. The van der Waals surface area contributed by atoms with Crippen molar-refractivity contribution in [2.45, 2.75) is 52.0 Å². The molecule has 162 valence electrons. The lowest BCUT2D eigenvalue weighted by atomic mass is 10.2. The summed E-state index contributed by atoms with van der Waals surface area (Å²) in [7, 11) is 0. The van der Waals surface area contributed by atoms with Gasteiger partial charge in [-0.05, 0) is 36.5 Å². The van der Waals surface area contributed by atoms with Crippen molar-refractivity contribution in [3.05, 3.63) is 120 Å². The topological polar surface area (TPSA) is 27.7 Å². The average molecular weight is 417 g/mol. The van der Waals surface area contributed by atoms with Crippen molar-refractivity contribution in [2.75, 3.05) is 0 Å². The maximum atomic E-state index is 6.37. The number of allylic oxidation sites excluding steroid dienone is 2. The number of benzene rings is 3. The third kappa shape index (κ3) is 8.14. The summed E-state index contributed by atoms with van der Waals surface area (Å²) >= 11 is 0. The SMILES string of the molecule is C/C=C/CCCC(OCc1ccccc1)(OCc1ccccc1)OCc1ccccc1. The van der Waals surface area contributed by atoms with Gasteiger partial charge in [0.05, 0.1) is 19.8 Å². The predicted molar refractivity (Wildman–Crippen MR) is 125 cm³/mol.